The Labute approximate surface area is 141 Å². The van der Waals surface area contributed by atoms with E-state index in [1.807, 2.05) is 6.92 Å². The monoisotopic (exact) mass is 336 g/mol. The average Bonchev–Trinajstić information content (AvgIpc) is 2.76. The number of hydrogen-bond acceptors (Lipinski definition) is 5. The summed E-state index contributed by atoms with van der Waals surface area (Å²) in [5.74, 6) is 1.45. The fourth-order valence-corrected chi connectivity index (χ4v) is 2.74. The highest BCUT2D eigenvalue weighted by molar-refractivity contribution is 7.80. The predicted octanol–water partition coefficient (Wildman–Crippen LogP) is 2.13. The summed E-state index contributed by atoms with van der Waals surface area (Å²) in [4.78, 5) is 15.7. The molecule has 0 bridgehead atoms. The maximum Gasteiger partial charge on any atom is 0.276 e. The van der Waals surface area contributed by atoms with Gasteiger partial charge in [-0.1, -0.05) is 0 Å². The van der Waals surface area contributed by atoms with E-state index in [9.17, 15) is 4.79 Å². The second kappa shape index (κ2) is 6.87. The van der Waals surface area contributed by atoms with E-state index in [1.165, 1.54) is 0 Å². The Kier molecular flexibility index (Phi) is 5.10. The highest BCUT2D eigenvalue weighted by atomic mass is 32.1. The molecule has 1 aliphatic heterocycles. The van der Waals surface area contributed by atoms with Gasteiger partial charge >= 0.3 is 0 Å². The highest BCUT2D eigenvalue weighted by Gasteiger charge is 2.34. The molecule has 0 atom stereocenters. The first-order valence-electron chi connectivity index (χ1n) is 7.09. The van der Waals surface area contributed by atoms with Gasteiger partial charge in [0.1, 0.15) is 5.70 Å². The lowest BCUT2D eigenvalue weighted by atomic mass is 10.1. The smallest absolute Gasteiger partial charge is 0.276 e. The van der Waals surface area contributed by atoms with Crippen molar-refractivity contribution >= 4 is 29.3 Å². The van der Waals surface area contributed by atoms with Gasteiger partial charge < -0.3 is 19.1 Å². The van der Waals surface area contributed by atoms with Crippen LogP contribution in [0.2, 0.25) is 0 Å². The maximum absolute atomic E-state index is 12.4. The van der Waals surface area contributed by atoms with Crippen molar-refractivity contribution in [1.29, 1.82) is 0 Å². The van der Waals surface area contributed by atoms with Crippen molar-refractivity contribution in [3.63, 3.8) is 0 Å². The highest BCUT2D eigenvalue weighted by Crippen LogP contribution is 2.39. The van der Waals surface area contributed by atoms with E-state index in [-0.39, 0.29) is 5.91 Å². The first kappa shape index (κ1) is 17.1. The summed E-state index contributed by atoms with van der Waals surface area (Å²) in [6.45, 7) is 2.43. The van der Waals surface area contributed by atoms with Gasteiger partial charge in [0.2, 0.25) is 5.75 Å². The number of ether oxygens (including phenoxy) is 3. The number of thiocarbonyl (C=S) groups is 1. The van der Waals surface area contributed by atoms with Crippen molar-refractivity contribution in [2.45, 2.75) is 6.92 Å². The number of rotatable bonds is 5. The Morgan fingerprint density at radius 3 is 2.09 bits per heavy atom. The molecule has 0 aromatic heterocycles. The Balaban J connectivity index is 2.51. The maximum atomic E-state index is 12.4. The molecular weight excluding hydrogens is 316 g/mol. The van der Waals surface area contributed by atoms with Crippen LogP contribution in [0.15, 0.2) is 17.8 Å². The predicted molar refractivity (Wildman–Crippen MR) is 91.8 cm³/mol. The molecule has 0 N–H and O–H groups in total. The van der Waals surface area contributed by atoms with Gasteiger partial charge in [-0.05, 0) is 42.9 Å². The van der Waals surface area contributed by atoms with E-state index >= 15 is 0 Å². The molecule has 0 saturated carbocycles. The molecule has 7 heteroatoms. The molecule has 0 radical (unpaired) electrons. The lowest BCUT2D eigenvalue weighted by molar-refractivity contribution is -0.122. The molecule has 1 heterocycles. The fraction of sp³-hybridized carbons (Fsp3) is 0.375. The standard InChI is InChI=1S/C16H20N2O4S/c1-6-18-15(19)11(17(2)16(18)23)7-10-8-12(20-3)14(22-5)13(9-10)21-4/h7-9H,6H2,1-5H3/b11-7-. The van der Waals surface area contributed by atoms with Crippen LogP contribution < -0.4 is 14.2 Å². The summed E-state index contributed by atoms with van der Waals surface area (Å²) in [5, 5.41) is 0.496. The third-order valence-corrected chi connectivity index (χ3v) is 4.14. The van der Waals surface area contributed by atoms with Crippen LogP contribution >= 0.6 is 12.2 Å². The summed E-state index contributed by atoms with van der Waals surface area (Å²) in [7, 11) is 6.42. The van der Waals surface area contributed by atoms with Crippen molar-refractivity contribution in [3.8, 4) is 17.2 Å². The SMILES string of the molecule is CCN1C(=O)/C(=C/c2cc(OC)c(OC)c(OC)c2)N(C)C1=S. The molecular formula is C16H20N2O4S. The molecule has 0 spiro atoms. The fourth-order valence-electron chi connectivity index (χ4n) is 2.43. The minimum atomic E-state index is -0.117. The molecule has 1 aliphatic rings. The molecule has 1 aromatic rings. The third kappa shape index (κ3) is 2.96. The van der Waals surface area contributed by atoms with E-state index < -0.39 is 0 Å². The van der Waals surface area contributed by atoms with Gasteiger partial charge in [0.05, 0.1) is 21.3 Å². The molecule has 1 aromatic carbocycles. The van der Waals surface area contributed by atoms with Gasteiger partial charge in [-0.15, -0.1) is 0 Å². The molecule has 1 amide bonds. The van der Waals surface area contributed by atoms with Crippen LogP contribution in [0.1, 0.15) is 12.5 Å². The van der Waals surface area contributed by atoms with Gasteiger partial charge in [-0.2, -0.15) is 0 Å². The van der Waals surface area contributed by atoms with Crippen LogP contribution in [0.5, 0.6) is 17.2 Å². The number of carbonyl (C=O) groups is 1. The molecule has 124 valence electrons. The topological polar surface area (TPSA) is 51.2 Å². The molecule has 6 nitrogen and oxygen atoms in total. The molecule has 2 rings (SSSR count). The van der Waals surface area contributed by atoms with Gasteiger partial charge in [0.15, 0.2) is 16.6 Å². The largest absolute Gasteiger partial charge is 0.493 e. The van der Waals surface area contributed by atoms with Crippen LogP contribution in [0.4, 0.5) is 0 Å². The quantitative estimate of drug-likeness (QED) is 0.606. The number of carbonyl (C=O) groups excluding carboxylic acids is 1. The molecule has 1 saturated heterocycles. The second-order valence-corrected chi connectivity index (χ2v) is 5.24. The minimum absolute atomic E-state index is 0.117. The normalized spacial score (nSPS) is 16.3. The third-order valence-electron chi connectivity index (χ3n) is 3.65. The Bertz CT molecular complexity index is 647. The van der Waals surface area contributed by atoms with E-state index in [0.717, 1.165) is 5.56 Å². The minimum Gasteiger partial charge on any atom is -0.493 e. The number of nitrogens with zero attached hydrogens (tertiary/aromatic N) is 2. The molecule has 0 unspecified atom stereocenters. The van der Waals surface area contributed by atoms with Crippen molar-refractivity contribution in [3.05, 3.63) is 23.4 Å². The Hall–Kier alpha value is -2.28. The van der Waals surface area contributed by atoms with Crippen LogP contribution in [-0.2, 0) is 4.79 Å². The number of amides is 1. The summed E-state index contributed by atoms with van der Waals surface area (Å²) in [5.41, 5.74) is 1.27. The van der Waals surface area contributed by atoms with Crippen LogP contribution in [0, 0.1) is 0 Å². The molecule has 0 aliphatic carbocycles. The number of likely N-dealkylation sites (N-methyl/N-ethyl adjacent to an activating group) is 2. The van der Waals surface area contributed by atoms with E-state index in [1.54, 1.807) is 56.4 Å². The zero-order valence-electron chi connectivity index (χ0n) is 13.9. The van der Waals surface area contributed by atoms with Gasteiger partial charge in [-0.3, -0.25) is 9.69 Å². The number of benzene rings is 1. The average molecular weight is 336 g/mol. The number of hydrogen-bond donors (Lipinski definition) is 0. The van der Waals surface area contributed by atoms with Gasteiger partial charge in [-0.25, -0.2) is 0 Å². The Morgan fingerprint density at radius 1 is 1.13 bits per heavy atom. The van der Waals surface area contributed by atoms with Gasteiger partial charge in [0.25, 0.3) is 5.91 Å². The van der Waals surface area contributed by atoms with Crippen LogP contribution in [-0.4, -0.2) is 55.7 Å². The summed E-state index contributed by atoms with van der Waals surface area (Å²) in [6.07, 6.45) is 1.76. The summed E-state index contributed by atoms with van der Waals surface area (Å²) in [6, 6.07) is 3.57. The van der Waals surface area contributed by atoms with E-state index in [2.05, 4.69) is 0 Å². The van der Waals surface area contributed by atoms with Crippen molar-refractivity contribution in [1.82, 2.24) is 9.80 Å². The van der Waals surface area contributed by atoms with Crippen molar-refractivity contribution in [2.24, 2.45) is 0 Å². The second-order valence-electron chi connectivity index (χ2n) is 4.88. The first-order chi connectivity index (χ1) is 11.0. The summed E-state index contributed by atoms with van der Waals surface area (Å²) < 4.78 is 16.0. The summed E-state index contributed by atoms with van der Waals surface area (Å²) >= 11 is 5.29. The van der Waals surface area contributed by atoms with E-state index in [0.29, 0.717) is 34.6 Å². The molecule has 23 heavy (non-hydrogen) atoms. The van der Waals surface area contributed by atoms with Gasteiger partial charge in [0, 0.05) is 13.6 Å². The lowest BCUT2D eigenvalue weighted by Crippen LogP contribution is -2.30. The number of methoxy groups -OCH3 is 3. The van der Waals surface area contributed by atoms with Crippen molar-refractivity contribution < 1.29 is 19.0 Å². The Morgan fingerprint density at radius 2 is 1.70 bits per heavy atom. The van der Waals surface area contributed by atoms with Crippen LogP contribution in [0.25, 0.3) is 6.08 Å². The van der Waals surface area contributed by atoms with Crippen molar-refractivity contribution in [2.75, 3.05) is 34.9 Å². The lowest BCUT2D eigenvalue weighted by Gasteiger charge is -2.14. The van der Waals surface area contributed by atoms with Crippen LogP contribution in [0.3, 0.4) is 0 Å². The van der Waals surface area contributed by atoms with E-state index in [4.69, 9.17) is 26.4 Å². The zero-order valence-corrected chi connectivity index (χ0v) is 14.7. The molecule has 1 fully saturated rings. The first-order valence-corrected chi connectivity index (χ1v) is 7.50. The zero-order chi connectivity index (χ0) is 17.1.